The van der Waals surface area contributed by atoms with Gasteiger partial charge in [0.05, 0.1) is 11.4 Å². The van der Waals surface area contributed by atoms with E-state index < -0.39 is 0 Å². The summed E-state index contributed by atoms with van der Waals surface area (Å²) in [4.78, 5) is 0. The highest BCUT2D eigenvalue weighted by molar-refractivity contribution is 5.39. The zero-order chi connectivity index (χ0) is 12.6. The minimum Gasteiger partial charge on any atom is -0.238 e. The van der Waals surface area contributed by atoms with Gasteiger partial charge in [-0.05, 0) is 43.0 Å². The number of hydrogen-bond donors (Lipinski definition) is 0. The number of hydrogen-bond acceptors (Lipinski definition) is 1. The van der Waals surface area contributed by atoms with E-state index in [2.05, 4.69) is 63.1 Å². The Labute approximate surface area is 103 Å². The summed E-state index contributed by atoms with van der Waals surface area (Å²) in [6.07, 6.45) is 0. The molecular weight excluding hydrogens is 208 g/mol. The molecule has 90 valence electrons. The van der Waals surface area contributed by atoms with E-state index in [-0.39, 0.29) is 5.41 Å². The quantitative estimate of drug-likeness (QED) is 0.726. The first-order chi connectivity index (χ1) is 7.88. The van der Waals surface area contributed by atoms with Crippen molar-refractivity contribution < 1.29 is 0 Å². The first kappa shape index (κ1) is 11.9. The van der Waals surface area contributed by atoms with E-state index in [1.165, 1.54) is 11.3 Å². The zero-order valence-corrected chi connectivity index (χ0v) is 11.3. The van der Waals surface area contributed by atoms with Gasteiger partial charge in [-0.15, -0.1) is 0 Å². The molecule has 0 aliphatic heterocycles. The third-order valence-corrected chi connectivity index (χ3v) is 2.97. The van der Waals surface area contributed by atoms with Crippen LogP contribution in [0.15, 0.2) is 30.3 Å². The monoisotopic (exact) mass is 228 g/mol. The standard InChI is InChI=1S/C15H20N2/c1-11-9-12(2)17(16-11)14-8-6-7-13(10-14)15(3,4)5/h6-10H,1-5H3. The molecule has 0 N–H and O–H groups in total. The lowest BCUT2D eigenvalue weighted by Gasteiger charge is -2.20. The summed E-state index contributed by atoms with van der Waals surface area (Å²) in [5.41, 5.74) is 4.88. The van der Waals surface area contributed by atoms with Gasteiger partial charge in [0.1, 0.15) is 0 Å². The van der Waals surface area contributed by atoms with Crippen molar-refractivity contribution in [1.29, 1.82) is 0 Å². The maximum Gasteiger partial charge on any atom is 0.0651 e. The van der Waals surface area contributed by atoms with Crippen molar-refractivity contribution in [2.24, 2.45) is 0 Å². The molecule has 2 aromatic rings. The molecule has 0 fully saturated rings. The summed E-state index contributed by atoms with van der Waals surface area (Å²) in [6.45, 7) is 10.8. The van der Waals surface area contributed by atoms with E-state index in [0.29, 0.717) is 0 Å². The fourth-order valence-electron chi connectivity index (χ4n) is 1.99. The zero-order valence-electron chi connectivity index (χ0n) is 11.3. The van der Waals surface area contributed by atoms with Gasteiger partial charge in [0, 0.05) is 5.69 Å². The van der Waals surface area contributed by atoms with Crippen molar-refractivity contribution in [3.8, 4) is 5.69 Å². The predicted molar refractivity (Wildman–Crippen MR) is 71.7 cm³/mol. The Hall–Kier alpha value is -1.57. The van der Waals surface area contributed by atoms with Crippen LogP contribution in [0.25, 0.3) is 5.69 Å². The molecule has 0 unspecified atom stereocenters. The number of aromatic nitrogens is 2. The first-order valence-corrected chi connectivity index (χ1v) is 6.02. The molecule has 2 rings (SSSR count). The van der Waals surface area contributed by atoms with Crippen molar-refractivity contribution >= 4 is 0 Å². The molecule has 2 heteroatoms. The van der Waals surface area contributed by atoms with E-state index in [0.717, 1.165) is 11.4 Å². The largest absolute Gasteiger partial charge is 0.238 e. The van der Waals surface area contributed by atoms with E-state index >= 15 is 0 Å². The Morgan fingerprint density at radius 2 is 1.76 bits per heavy atom. The highest BCUT2D eigenvalue weighted by Crippen LogP contribution is 2.24. The molecule has 1 aromatic heterocycles. The van der Waals surface area contributed by atoms with Crippen LogP contribution in [-0.4, -0.2) is 9.78 Å². The molecule has 0 aliphatic carbocycles. The Bertz CT molecular complexity index is 530. The lowest BCUT2D eigenvalue weighted by atomic mass is 9.87. The molecule has 17 heavy (non-hydrogen) atoms. The van der Waals surface area contributed by atoms with Crippen LogP contribution in [-0.2, 0) is 5.41 Å². The number of nitrogens with zero attached hydrogens (tertiary/aromatic N) is 2. The second kappa shape index (κ2) is 4.02. The second-order valence-electron chi connectivity index (χ2n) is 5.64. The Morgan fingerprint density at radius 1 is 1.06 bits per heavy atom. The molecule has 0 atom stereocenters. The van der Waals surface area contributed by atoms with Crippen LogP contribution >= 0.6 is 0 Å². The fourth-order valence-corrected chi connectivity index (χ4v) is 1.99. The van der Waals surface area contributed by atoms with Crippen LogP contribution in [0, 0.1) is 13.8 Å². The van der Waals surface area contributed by atoms with Gasteiger partial charge in [0.25, 0.3) is 0 Å². The lowest BCUT2D eigenvalue weighted by molar-refractivity contribution is 0.589. The normalized spacial score (nSPS) is 11.8. The molecule has 0 saturated heterocycles. The molecule has 2 nitrogen and oxygen atoms in total. The molecule has 0 aliphatic rings. The third kappa shape index (κ3) is 2.41. The smallest absolute Gasteiger partial charge is 0.0651 e. The Balaban J connectivity index is 2.50. The van der Waals surface area contributed by atoms with Crippen LogP contribution in [0.1, 0.15) is 37.7 Å². The van der Waals surface area contributed by atoms with E-state index in [1.807, 2.05) is 11.6 Å². The molecule has 0 spiro atoms. The lowest BCUT2D eigenvalue weighted by Crippen LogP contribution is -2.12. The summed E-state index contributed by atoms with van der Waals surface area (Å²) < 4.78 is 2.00. The summed E-state index contributed by atoms with van der Waals surface area (Å²) in [6, 6.07) is 10.7. The topological polar surface area (TPSA) is 17.8 Å². The van der Waals surface area contributed by atoms with Gasteiger partial charge < -0.3 is 0 Å². The maximum absolute atomic E-state index is 4.52. The average molecular weight is 228 g/mol. The maximum atomic E-state index is 4.52. The predicted octanol–water partition coefficient (Wildman–Crippen LogP) is 3.79. The molecule has 1 heterocycles. The molecule has 0 bridgehead atoms. The van der Waals surface area contributed by atoms with E-state index in [4.69, 9.17) is 0 Å². The Morgan fingerprint density at radius 3 is 2.29 bits per heavy atom. The minimum atomic E-state index is 0.173. The number of benzene rings is 1. The highest BCUT2D eigenvalue weighted by atomic mass is 15.3. The van der Waals surface area contributed by atoms with Gasteiger partial charge in [0.2, 0.25) is 0 Å². The molecule has 0 amide bonds. The van der Waals surface area contributed by atoms with Crippen molar-refractivity contribution in [3.05, 3.63) is 47.3 Å². The summed E-state index contributed by atoms with van der Waals surface area (Å²) >= 11 is 0. The summed E-state index contributed by atoms with van der Waals surface area (Å²) in [7, 11) is 0. The first-order valence-electron chi connectivity index (χ1n) is 6.02. The van der Waals surface area contributed by atoms with Crippen LogP contribution in [0.5, 0.6) is 0 Å². The van der Waals surface area contributed by atoms with Crippen LogP contribution in [0.4, 0.5) is 0 Å². The molecule has 0 radical (unpaired) electrons. The van der Waals surface area contributed by atoms with Crippen LogP contribution < -0.4 is 0 Å². The van der Waals surface area contributed by atoms with Crippen molar-refractivity contribution in [2.45, 2.75) is 40.0 Å². The SMILES string of the molecule is Cc1cc(C)n(-c2cccc(C(C)(C)C)c2)n1. The van der Waals surface area contributed by atoms with E-state index in [9.17, 15) is 0 Å². The molecule has 1 aromatic carbocycles. The van der Waals surface area contributed by atoms with Gasteiger partial charge in [-0.2, -0.15) is 5.10 Å². The van der Waals surface area contributed by atoms with Crippen molar-refractivity contribution in [2.75, 3.05) is 0 Å². The summed E-state index contributed by atoms with van der Waals surface area (Å²) in [5.74, 6) is 0. The van der Waals surface area contributed by atoms with Gasteiger partial charge >= 0.3 is 0 Å². The van der Waals surface area contributed by atoms with Gasteiger partial charge in [0.15, 0.2) is 0 Å². The van der Waals surface area contributed by atoms with Crippen molar-refractivity contribution in [1.82, 2.24) is 9.78 Å². The number of aryl methyl sites for hydroxylation is 2. The average Bonchev–Trinajstić information content (AvgIpc) is 2.57. The van der Waals surface area contributed by atoms with Crippen molar-refractivity contribution in [3.63, 3.8) is 0 Å². The number of rotatable bonds is 1. The summed E-state index contributed by atoms with van der Waals surface area (Å²) in [5, 5.41) is 4.52. The van der Waals surface area contributed by atoms with Gasteiger partial charge in [-0.3, -0.25) is 0 Å². The minimum absolute atomic E-state index is 0.173. The molecule has 0 saturated carbocycles. The highest BCUT2D eigenvalue weighted by Gasteiger charge is 2.14. The Kier molecular flexibility index (Phi) is 2.82. The van der Waals surface area contributed by atoms with Gasteiger partial charge in [-0.1, -0.05) is 32.9 Å². The van der Waals surface area contributed by atoms with Crippen LogP contribution in [0.2, 0.25) is 0 Å². The fraction of sp³-hybridized carbons (Fsp3) is 0.400. The van der Waals surface area contributed by atoms with E-state index in [1.54, 1.807) is 0 Å². The van der Waals surface area contributed by atoms with Crippen LogP contribution in [0.3, 0.4) is 0 Å². The second-order valence-corrected chi connectivity index (χ2v) is 5.64. The van der Waals surface area contributed by atoms with Gasteiger partial charge in [-0.25, -0.2) is 4.68 Å². The third-order valence-electron chi connectivity index (χ3n) is 2.97. The molecular formula is C15H20N2.